The Morgan fingerprint density at radius 3 is 2.43 bits per heavy atom. The van der Waals surface area contributed by atoms with Gasteiger partial charge < -0.3 is 20.9 Å². The lowest BCUT2D eigenvalue weighted by Crippen LogP contribution is -2.46. The van der Waals surface area contributed by atoms with E-state index in [9.17, 15) is 14.7 Å². The minimum absolute atomic E-state index is 0.113. The highest BCUT2D eigenvalue weighted by atomic mass is 16.5. The predicted molar refractivity (Wildman–Crippen MR) is 79.7 cm³/mol. The van der Waals surface area contributed by atoms with E-state index < -0.39 is 11.4 Å². The van der Waals surface area contributed by atoms with Crippen molar-refractivity contribution in [1.82, 2.24) is 5.32 Å². The minimum Gasteiger partial charge on any atom is -0.481 e. The van der Waals surface area contributed by atoms with Crippen LogP contribution < -0.4 is 11.1 Å². The molecule has 1 heterocycles. The maximum atomic E-state index is 12.0. The van der Waals surface area contributed by atoms with Gasteiger partial charge in [-0.15, -0.1) is 0 Å². The molecule has 0 aliphatic carbocycles. The van der Waals surface area contributed by atoms with Crippen LogP contribution in [-0.4, -0.2) is 43.3 Å². The van der Waals surface area contributed by atoms with Gasteiger partial charge in [-0.3, -0.25) is 9.59 Å². The predicted octanol–water partition coefficient (Wildman–Crippen LogP) is 0.995. The molecule has 1 unspecified atom stereocenters. The smallest absolute Gasteiger partial charge is 0.311 e. The second kappa shape index (κ2) is 8.34. The maximum absolute atomic E-state index is 12.0. The van der Waals surface area contributed by atoms with Crippen molar-refractivity contribution in [3.63, 3.8) is 0 Å². The molecule has 6 nitrogen and oxygen atoms in total. The Morgan fingerprint density at radius 1 is 1.33 bits per heavy atom. The third-order valence-electron chi connectivity index (χ3n) is 4.14. The van der Waals surface area contributed by atoms with E-state index in [0.717, 1.165) is 6.42 Å². The first-order valence-corrected chi connectivity index (χ1v) is 7.67. The highest BCUT2D eigenvalue weighted by molar-refractivity contribution is 5.79. The molecule has 4 N–H and O–H groups in total. The molecule has 1 rings (SSSR count). The molecular weight excluding hydrogens is 272 g/mol. The van der Waals surface area contributed by atoms with Gasteiger partial charge in [0.1, 0.15) is 0 Å². The highest BCUT2D eigenvalue weighted by Crippen LogP contribution is 2.30. The molecule has 1 aliphatic rings. The Morgan fingerprint density at radius 2 is 1.95 bits per heavy atom. The Bertz CT molecular complexity index is 352. The number of amides is 1. The SMILES string of the molecule is CC(C)CC(CN)CC(=O)NCC1(C(=O)O)CCOCC1. The summed E-state index contributed by atoms with van der Waals surface area (Å²) < 4.78 is 5.21. The molecule has 1 amide bonds. The normalized spacial score (nSPS) is 19.2. The summed E-state index contributed by atoms with van der Waals surface area (Å²) in [7, 11) is 0. The number of hydrogen-bond acceptors (Lipinski definition) is 4. The molecule has 1 saturated heterocycles. The third kappa shape index (κ3) is 5.63. The molecule has 0 spiro atoms. The van der Waals surface area contributed by atoms with Crippen LogP contribution in [0.1, 0.15) is 39.5 Å². The van der Waals surface area contributed by atoms with Crippen molar-refractivity contribution in [3.05, 3.63) is 0 Å². The number of hydrogen-bond donors (Lipinski definition) is 3. The molecule has 0 saturated carbocycles. The van der Waals surface area contributed by atoms with Crippen LogP contribution in [0, 0.1) is 17.3 Å². The molecule has 122 valence electrons. The van der Waals surface area contributed by atoms with Crippen molar-refractivity contribution < 1.29 is 19.4 Å². The van der Waals surface area contributed by atoms with Crippen molar-refractivity contribution in [2.45, 2.75) is 39.5 Å². The fraction of sp³-hybridized carbons (Fsp3) is 0.867. The number of carboxylic acids is 1. The first kappa shape index (κ1) is 17.9. The monoisotopic (exact) mass is 300 g/mol. The zero-order chi connectivity index (χ0) is 15.9. The van der Waals surface area contributed by atoms with Gasteiger partial charge in [-0.05, 0) is 37.6 Å². The first-order chi connectivity index (χ1) is 9.89. The summed E-state index contributed by atoms with van der Waals surface area (Å²) in [5.41, 5.74) is 4.81. The molecule has 0 aromatic carbocycles. The summed E-state index contributed by atoms with van der Waals surface area (Å²) in [4.78, 5) is 23.5. The van der Waals surface area contributed by atoms with Gasteiger partial charge in [0.2, 0.25) is 5.91 Å². The average Bonchev–Trinajstić information content (AvgIpc) is 2.44. The van der Waals surface area contributed by atoms with Gasteiger partial charge in [-0.2, -0.15) is 0 Å². The Hall–Kier alpha value is -1.14. The van der Waals surface area contributed by atoms with Gasteiger partial charge in [0, 0.05) is 26.2 Å². The van der Waals surface area contributed by atoms with Crippen LogP contribution >= 0.6 is 0 Å². The molecule has 21 heavy (non-hydrogen) atoms. The number of aliphatic carboxylic acids is 1. The zero-order valence-corrected chi connectivity index (χ0v) is 13.1. The van der Waals surface area contributed by atoms with Crippen molar-refractivity contribution in [2.24, 2.45) is 23.0 Å². The maximum Gasteiger partial charge on any atom is 0.311 e. The van der Waals surface area contributed by atoms with Crippen molar-refractivity contribution in [3.8, 4) is 0 Å². The number of ether oxygens (including phenoxy) is 1. The van der Waals surface area contributed by atoms with Crippen LogP contribution in [0.3, 0.4) is 0 Å². The van der Waals surface area contributed by atoms with Crippen molar-refractivity contribution in [1.29, 1.82) is 0 Å². The Kier molecular flexibility index (Phi) is 7.11. The van der Waals surface area contributed by atoms with Crippen molar-refractivity contribution in [2.75, 3.05) is 26.3 Å². The fourth-order valence-electron chi connectivity index (χ4n) is 2.76. The molecule has 0 aromatic rings. The van der Waals surface area contributed by atoms with Gasteiger partial charge in [-0.1, -0.05) is 13.8 Å². The molecule has 1 aliphatic heterocycles. The second-order valence-corrected chi connectivity index (χ2v) is 6.41. The molecular formula is C15H28N2O4. The summed E-state index contributed by atoms with van der Waals surface area (Å²) >= 11 is 0. The first-order valence-electron chi connectivity index (χ1n) is 7.67. The van der Waals surface area contributed by atoms with Gasteiger partial charge in [0.25, 0.3) is 0 Å². The third-order valence-corrected chi connectivity index (χ3v) is 4.14. The van der Waals surface area contributed by atoms with E-state index in [2.05, 4.69) is 19.2 Å². The van der Waals surface area contributed by atoms with E-state index >= 15 is 0 Å². The molecule has 6 heteroatoms. The number of carbonyl (C=O) groups is 2. The Labute approximate surface area is 126 Å². The van der Waals surface area contributed by atoms with Crippen LogP contribution in [-0.2, 0) is 14.3 Å². The van der Waals surface area contributed by atoms with Gasteiger partial charge in [0.05, 0.1) is 5.41 Å². The lowest BCUT2D eigenvalue weighted by Gasteiger charge is -2.33. The number of rotatable bonds is 8. The summed E-state index contributed by atoms with van der Waals surface area (Å²) in [6.07, 6.45) is 2.15. The van der Waals surface area contributed by atoms with E-state index in [1.165, 1.54) is 0 Å². The molecule has 1 fully saturated rings. The van der Waals surface area contributed by atoms with Crippen LogP contribution in [0.4, 0.5) is 0 Å². The highest BCUT2D eigenvalue weighted by Gasteiger charge is 2.40. The average molecular weight is 300 g/mol. The topological polar surface area (TPSA) is 102 Å². The fourth-order valence-corrected chi connectivity index (χ4v) is 2.76. The van der Waals surface area contributed by atoms with Gasteiger partial charge >= 0.3 is 5.97 Å². The van der Waals surface area contributed by atoms with E-state index in [4.69, 9.17) is 10.5 Å². The van der Waals surface area contributed by atoms with E-state index in [0.29, 0.717) is 44.9 Å². The zero-order valence-electron chi connectivity index (χ0n) is 13.1. The molecule has 0 radical (unpaired) electrons. The van der Waals surface area contributed by atoms with Crippen LogP contribution in [0.15, 0.2) is 0 Å². The second-order valence-electron chi connectivity index (χ2n) is 6.41. The standard InChI is InChI=1S/C15H28N2O4/c1-11(2)7-12(9-16)8-13(18)17-10-15(14(19)20)3-5-21-6-4-15/h11-12H,3-10,16H2,1-2H3,(H,17,18)(H,19,20). The summed E-state index contributed by atoms with van der Waals surface area (Å²) in [6, 6.07) is 0. The van der Waals surface area contributed by atoms with E-state index in [1.54, 1.807) is 0 Å². The lowest BCUT2D eigenvalue weighted by molar-refractivity contribution is -0.154. The van der Waals surface area contributed by atoms with Gasteiger partial charge in [-0.25, -0.2) is 0 Å². The molecule has 0 bridgehead atoms. The lowest BCUT2D eigenvalue weighted by atomic mass is 9.80. The summed E-state index contributed by atoms with van der Waals surface area (Å²) in [5.74, 6) is -0.324. The van der Waals surface area contributed by atoms with Crippen molar-refractivity contribution >= 4 is 11.9 Å². The molecule has 1 atom stereocenters. The number of carboxylic acid groups (broad SMARTS) is 1. The van der Waals surface area contributed by atoms with Gasteiger partial charge in [0.15, 0.2) is 0 Å². The van der Waals surface area contributed by atoms with Crippen LogP contribution in [0.25, 0.3) is 0 Å². The van der Waals surface area contributed by atoms with Crippen LogP contribution in [0.2, 0.25) is 0 Å². The number of nitrogens with two attached hydrogens (primary N) is 1. The summed E-state index contributed by atoms with van der Waals surface area (Å²) in [5, 5.41) is 12.2. The largest absolute Gasteiger partial charge is 0.481 e. The quantitative estimate of drug-likeness (QED) is 0.620. The van der Waals surface area contributed by atoms with Crippen LogP contribution in [0.5, 0.6) is 0 Å². The summed E-state index contributed by atoms with van der Waals surface area (Å²) in [6.45, 7) is 5.71. The Balaban J connectivity index is 2.48. The molecule has 0 aromatic heterocycles. The van der Waals surface area contributed by atoms with E-state index in [-0.39, 0.29) is 18.4 Å². The van der Waals surface area contributed by atoms with E-state index in [1.807, 2.05) is 0 Å². The minimum atomic E-state index is -0.885. The number of carbonyl (C=O) groups excluding carboxylic acids is 1. The number of nitrogens with one attached hydrogen (secondary N) is 1.